The molecular weight excluding hydrogens is 370 g/mol. The summed E-state index contributed by atoms with van der Waals surface area (Å²) in [6.07, 6.45) is 6.89. The lowest BCUT2D eigenvalue weighted by Gasteiger charge is -2.24. The van der Waals surface area contributed by atoms with E-state index < -0.39 is 0 Å². The van der Waals surface area contributed by atoms with Gasteiger partial charge in [-0.15, -0.1) is 11.3 Å². The van der Waals surface area contributed by atoms with Crippen LogP contribution in [-0.2, 0) is 17.6 Å². The first-order chi connectivity index (χ1) is 13.6. The molecule has 0 spiro atoms. The number of amides is 1. The molecule has 0 saturated carbocycles. The highest BCUT2D eigenvalue weighted by Gasteiger charge is 2.25. The minimum atomic E-state index is 0.120. The van der Waals surface area contributed by atoms with Gasteiger partial charge in [-0.2, -0.15) is 0 Å². The smallest absolute Gasteiger partial charge is 0.242 e. The van der Waals surface area contributed by atoms with Gasteiger partial charge in [0.1, 0.15) is 10.6 Å². The molecule has 0 aliphatic heterocycles. The normalized spacial score (nSPS) is 13.0. The van der Waals surface area contributed by atoms with Gasteiger partial charge in [-0.05, 0) is 50.8 Å². The Hall–Kier alpha value is -2.54. The molecule has 0 unspecified atom stereocenters. The predicted octanol–water partition coefficient (Wildman–Crippen LogP) is 3.55. The highest BCUT2D eigenvalue weighted by molar-refractivity contribution is 7.19. The summed E-state index contributed by atoms with van der Waals surface area (Å²) in [4.78, 5) is 32.9. The monoisotopic (exact) mass is 395 g/mol. The Bertz CT molecular complexity index is 997. The van der Waals surface area contributed by atoms with Gasteiger partial charge in [0.25, 0.3) is 0 Å². The van der Waals surface area contributed by atoms with Gasteiger partial charge in [0, 0.05) is 43.0 Å². The van der Waals surface area contributed by atoms with Crippen LogP contribution in [-0.4, -0.2) is 52.4 Å². The van der Waals surface area contributed by atoms with E-state index in [-0.39, 0.29) is 5.91 Å². The second-order valence-electron chi connectivity index (χ2n) is 7.07. The van der Waals surface area contributed by atoms with Gasteiger partial charge in [-0.1, -0.05) is 0 Å². The van der Waals surface area contributed by atoms with E-state index in [4.69, 9.17) is 9.97 Å². The molecule has 146 valence electrons. The topological polar surface area (TPSA) is 62.2 Å². The average Bonchev–Trinajstić information content (AvgIpc) is 3.29. The van der Waals surface area contributed by atoms with Crippen molar-refractivity contribution >= 4 is 33.3 Å². The first-order valence-corrected chi connectivity index (χ1v) is 10.7. The van der Waals surface area contributed by atoms with Crippen LogP contribution < -0.4 is 4.90 Å². The molecule has 0 bridgehead atoms. The Kier molecular flexibility index (Phi) is 5.26. The number of pyridine rings is 1. The Labute approximate surface area is 169 Å². The molecule has 4 rings (SSSR count). The summed E-state index contributed by atoms with van der Waals surface area (Å²) < 4.78 is 0. The fourth-order valence-corrected chi connectivity index (χ4v) is 5.09. The molecule has 0 fully saturated rings. The molecule has 28 heavy (non-hydrogen) atoms. The van der Waals surface area contributed by atoms with Gasteiger partial charge in [-0.3, -0.25) is 9.78 Å². The van der Waals surface area contributed by atoms with Crippen LogP contribution in [0.2, 0.25) is 0 Å². The first kappa shape index (κ1) is 18.8. The van der Waals surface area contributed by atoms with Crippen LogP contribution >= 0.6 is 11.3 Å². The Morgan fingerprint density at radius 1 is 1.21 bits per heavy atom. The summed E-state index contributed by atoms with van der Waals surface area (Å²) in [7, 11) is 1.95. The fourth-order valence-electron chi connectivity index (χ4n) is 3.83. The van der Waals surface area contributed by atoms with Crippen LogP contribution in [0.25, 0.3) is 21.6 Å². The van der Waals surface area contributed by atoms with Crippen molar-refractivity contribution in [3.63, 3.8) is 0 Å². The summed E-state index contributed by atoms with van der Waals surface area (Å²) >= 11 is 1.77. The molecule has 0 saturated heterocycles. The zero-order chi connectivity index (χ0) is 19.7. The molecule has 1 aliphatic rings. The van der Waals surface area contributed by atoms with Gasteiger partial charge in [0.15, 0.2) is 5.82 Å². The molecule has 0 N–H and O–H groups in total. The number of nitrogens with zero attached hydrogens (tertiary/aromatic N) is 5. The van der Waals surface area contributed by atoms with Crippen molar-refractivity contribution in [1.29, 1.82) is 0 Å². The number of rotatable bonds is 6. The number of thiophene rings is 1. The molecule has 3 heterocycles. The zero-order valence-corrected chi connectivity index (χ0v) is 17.4. The maximum atomic E-state index is 12.7. The predicted molar refractivity (Wildman–Crippen MR) is 114 cm³/mol. The minimum Gasteiger partial charge on any atom is -0.350 e. The largest absolute Gasteiger partial charge is 0.350 e. The summed E-state index contributed by atoms with van der Waals surface area (Å²) in [5.41, 5.74) is 2.26. The van der Waals surface area contributed by atoms with E-state index in [1.807, 2.05) is 42.8 Å². The molecule has 7 heteroatoms. The van der Waals surface area contributed by atoms with Crippen LogP contribution in [0.5, 0.6) is 0 Å². The van der Waals surface area contributed by atoms with Crippen molar-refractivity contribution in [1.82, 2.24) is 19.9 Å². The van der Waals surface area contributed by atoms with Crippen molar-refractivity contribution in [3.8, 4) is 11.4 Å². The van der Waals surface area contributed by atoms with E-state index >= 15 is 0 Å². The third kappa shape index (κ3) is 3.35. The molecule has 1 amide bonds. The molecule has 0 aromatic carbocycles. The van der Waals surface area contributed by atoms with Gasteiger partial charge >= 0.3 is 0 Å². The molecule has 3 aromatic heterocycles. The second-order valence-corrected chi connectivity index (χ2v) is 8.16. The van der Waals surface area contributed by atoms with E-state index in [1.165, 1.54) is 16.9 Å². The van der Waals surface area contributed by atoms with Gasteiger partial charge in [0.05, 0.1) is 11.9 Å². The standard InChI is InChI=1S/C21H25N5OS/c1-4-26(5-2)17(27)13-25(3)20-18-15-9-6-10-16(15)28-21(18)24-19(23-20)14-8-7-11-22-12-14/h7-8,11-12H,4-6,9-10,13H2,1-3H3. The van der Waals surface area contributed by atoms with E-state index in [9.17, 15) is 4.79 Å². The summed E-state index contributed by atoms with van der Waals surface area (Å²) in [5, 5.41) is 1.12. The van der Waals surface area contributed by atoms with Crippen LogP contribution in [0, 0.1) is 0 Å². The number of aromatic nitrogens is 3. The minimum absolute atomic E-state index is 0.120. The lowest BCUT2D eigenvalue weighted by Crippen LogP contribution is -2.39. The Balaban J connectivity index is 1.79. The molecule has 0 atom stereocenters. The Morgan fingerprint density at radius 2 is 2.04 bits per heavy atom. The summed E-state index contributed by atoms with van der Waals surface area (Å²) in [5.74, 6) is 1.63. The number of likely N-dealkylation sites (N-methyl/N-ethyl adjacent to an activating group) is 2. The van der Waals surface area contributed by atoms with Crippen LogP contribution in [0.4, 0.5) is 5.82 Å². The average molecular weight is 396 g/mol. The van der Waals surface area contributed by atoms with Gasteiger partial charge < -0.3 is 9.80 Å². The van der Waals surface area contributed by atoms with E-state index in [2.05, 4.69) is 4.98 Å². The quantitative estimate of drug-likeness (QED) is 0.639. The van der Waals surface area contributed by atoms with Crippen LogP contribution in [0.1, 0.15) is 30.7 Å². The van der Waals surface area contributed by atoms with Crippen molar-refractivity contribution in [2.75, 3.05) is 31.6 Å². The summed E-state index contributed by atoms with van der Waals surface area (Å²) in [6, 6.07) is 3.87. The van der Waals surface area contributed by atoms with E-state index in [0.29, 0.717) is 12.4 Å². The zero-order valence-electron chi connectivity index (χ0n) is 16.6. The Morgan fingerprint density at radius 3 is 2.75 bits per heavy atom. The highest BCUT2D eigenvalue weighted by Crippen LogP contribution is 2.41. The number of carbonyl (C=O) groups excluding carboxylic acids is 1. The number of aryl methyl sites for hydroxylation is 2. The lowest BCUT2D eigenvalue weighted by atomic mass is 10.1. The number of fused-ring (bicyclic) bond motifs is 3. The van der Waals surface area contributed by atoms with Gasteiger partial charge in [0.2, 0.25) is 5.91 Å². The number of anilines is 1. The maximum absolute atomic E-state index is 12.7. The second kappa shape index (κ2) is 7.83. The number of carbonyl (C=O) groups is 1. The van der Waals surface area contributed by atoms with Crippen molar-refractivity contribution in [2.45, 2.75) is 33.1 Å². The van der Waals surface area contributed by atoms with Crippen molar-refractivity contribution < 1.29 is 4.79 Å². The highest BCUT2D eigenvalue weighted by atomic mass is 32.1. The lowest BCUT2D eigenvalue weighted by molar-refractivity contribution is -0.129. The number of hydrogen-bond donors (Lipinski definition) is 0. The molecule has 3 aromatic rings. The third-order valence-corrected chi connectivity index (χ3v) is 6.50. The molecule has 6 nitrogen and oxygen atoms in total. The van der Waals surface area contributed by atoms with Crippen molar-refractivity contribution in [2.24, 2.45) is 0 Å². The molecule has 1 aliphatic carbocycles. The molecular formula is C21H25N5OS. The van der Waals surface area contributed by atoms with Gasteiger partial charge in [-0.25, -0.2) is 9.97 Å². The molecule has 0 radical (unpaired) electrons. The first-order valence-electron chi connectivity index (χ1n) is 9.84. The van der Waals surface area contributed by atoms with E-state index in [1.54, 1.807) is 23.7 Å². The van der Waals surface area contributed by atoms with Crippen LogP contribution in [0.15, 0.2) is 24.5 Å². The van der Waals surface area contributed by atoms with Crippen LogP contribution in [0.3, 0.4) is 0 Å². The van der Waals surface area contributed by atoms with Crippen molar-refractivity contribution in [3.05, 3.63) is 35.0 Å². The maximum Gasteiger partial charge on any atom is 0.242 e. The summed E-state index contributed by atoms with van der Waals surface area (Å²) in [6.45, 7) is 5.77. The van der Waals surface area contributed by atoms with E-state index in [0.717, 1.165) is 47.5 Å². The fraction of sp³-hybridized carbons (Fsp3) is 0.429. The number of hydrogen-bond acceptors (Lipinski definition) is 6. The third-order valence-electron chi connectivity index (χ3n) is 5.32. The SMILES string of the molecule is CCN(CC)C(=O)CN(C)c1nc(-c2cccnc2)nc2sc3c(c12)CCC3.